The first-order chi connectivity index (χ1) is 17.4. The number of hydrogen-bond acceptors (Lipinski definition) is 6. The van der Waals surface area contributed by atoms with E-state index in [1.54, 1.807) is 17.0 Å². The molecule has 0 aliphatic carbocycles. The Morgan fingerprint density at radius 3 is 2.56 bits per heavy atom. The highest BCUT2D eigenvalue weighted by Crippen LogP contribution is 2.24. The van der Waals surface area contributed by atoms with E-state index in [1.165, 1.54) is 5.56 Å². The van der Waals surface area contributed by atoms with E-state index in [0.29, 0.717) is 17.3 Å². The number of unbranched alkanes of at least 4 members (excludes halogenated alkanes) is 1. The Balaban J connectivity index is 1.41. The van der Waals surface area contributed by atoms with Gasteiger partial charge in [-0.2, -0.15) is 4.98 Å². The van der Waals surface area contributed by atoms with Gasteiger partial charge in [-0.05, 0) is 55.5 Å². The average molecular weight is 495 g/mol. The summed E-state index contributed by atoms with van der Waals surface area (Å²) in [5, 5.41) is 5.31. The van der Waals surface area contributed by atoms with Gasteiger partial charge in [-0.1, -0.05) is 25.5 Å². The topological polar surface area (TPSA) is 156 Å². The summed E-state index contributed by atoms with van der Waals surface area (Å²) >= 11 is 0. The van der Waals surface area contributed by atoms with Gasteiger partial charge in [-0.25, -0.2) is 9.59 Å². The zero-order chi connectivity index (χ0) is 25.5. The fraction of sp³-hybridized carbons (Fsp3) is 0.360. The number of aromatic nitrogens is 2. The first kappa shape index (κ1) is 24.8. The molecule has 2 aromatic heterocycles. The molecule has 3 heterocycles. The first-order valence-electron chi connectivity index (χ1n) is 12.0. The molecule has 0 atom stereocenters. The number of carbonyl (C=O) groups excluding carboxylic acids is 3. The van der Waals surface area contributed by atoms with Gasteiger partial charge in [0.15, 0.2) is 11.6 Å². The van der Waals surface area contributed by atoms with Crippen molar-refractivity contribution in [3.05, 3.63) is 59.3 Å². The van der Waals surface area contributed by atoms with Gasteiger partial charge in [0.1, 0.15) is 11.6 Å². The molecular formula is C25H30N6O5. The molecule has 4 rings (SSSR count). The summed E-state index contributed by atoms with van der Waals surface area (Å²) < 4.78 is 10.6. The Morgan fingerprint density at radius 1 is 1.11 bits per heavy atom. The molecule has 0 saturated carbocycles. The Labute approximate surface area is 208 Å². The minimum atomic E-state index is -1.07. The average Bonchev–Trinajstić information content (AvgIpc) is 3.61. The van der Waals surface area contributed by atoms with Gasteiger partial charge in [-0.15, -0.1) is 0 Å². The Kier molecular flexibility index (Phi) is 7.89. The van der Waals surface area contributed by atoms with Crippen LogP contribution in [0.1, 0.15) is 60.3 Å². The Bertz CT molecular complexity index is 1210. The molecule has 3 aromatic rings. The third kappa shape index (κ3) is 6.44. The molecule has 0 bridgehead atoms. The molecule has 1 saturated heterocycles. The van der Waals surface area contributed by atoms with Crippen molar-refractivity contribution >= 4 is 29.5 Å². The number of imidazole rings is 1. The smallest absolute Gasteiger partial charge is 0.411 e. The fourth-order valence-corrected chi connectivity index (χ4v) is 3.98. The second kappa shape index (κ2) is 11.4. The zero-order valence-corrected chi connectivity index (χ0v) is 20.1. The summed E-state index contributed by atoms with van der Waals surface area (Å²) in [4.78, 5) is 45.3. The summed E-state index contributed by atoms with van der Waals surface area (Å²) in [6.07, 6.45) is 4.27. The molecular weight excluding hydrogens is 464 g/mol. The van der Waals surface area contributed by atoms with Crippen molar-refractivity contribution in [3.63, 3.8) is 0 Å². The van der Waals surface area contributed by atoms with E-state index in [2.05, 4.69) is 27.5 Å². The standard InChI is InChI=1S/C25H30N6O5/c1-2-3-6-16-7-9-17(10-8-16)27-25(34)30-21-22(36-24(26)33)29-20(28-21)15-18-11-12-19(35-18)23(32)31-13-4-5-14-31/h7-12H,2-6,13-15H2,1H3,(H2,26,33)(H,28,29)(H2,27,30,34). The number of ether oxygens (including phenoxy) is 1. The van der Waals surface area contributed by atoms with Crippen molar-refractivity contribution in [2.45, 2.75) is 45.4 Å². The van der Waals surface area contributed by atoms with Crippen LogP contribution in [0, 0.1) is 0 Å². The summed E-state index contributed by atoms with van der Waals surface area (Å²) in [5.41, 5.74) is 6.95. The van der Waals surface area contributed by atoms with Crippen LogP contribution in [0.25, 0.3) is 0 Å². The van der Waals surface area contributed by atoms with Crippen LogP contribution in [0.4, 0.5) is 21.1 Å². The van der Waals surface area contributed by atoms with Gasteiger partial charge >= 0.3 is 12.1 Å². The lowest BCUT2D eigenvalue weighted by molar-refractivity contribution is 0.0759. The molecule has 11 nitrogen and oxygen atoms in total. The molecule has 0 spiro atoms. The minimum absolute atomic E-state index is 0.0563. The van der Waals surface area contributed by atoms with Crippen LogP contribution in [0.2, 0.25) is 0 Å². The molecule has 190 valence electrons. The number of aromatic amines is 1. The molecule has 1 fully saturated rings. The second-order valence-electron chi connectivity index (χ2n) is 8.61. The van der Waals surface area contributed by atoms with E-state index in [9.17, 15) is 14.4 Å². The third-order valence-corrected chi connectivity index (χ3v) is 5.79. The molecule has 1 aliphatic rings. The number of nitrogens with one attached hydrogen (secondary N) is 3. The number of benzene rings is 1. The van der Waals surface area contributed by atoms with Crippen LogP contribution in [-0.2, 0) is 12.8 Å². The Morgan fingerprint density at radius 2 is 1.86 bits per heavy atom. The highest BCUT2D eigenvalue weighted by Gasteiger charge is 2.23. The maximum absolute atomic E-state index is 12.5. The van der Waals surface area contributed by atoms with Crippen molar-refractivity contribution in [2.24, 2.45) is 5.73 Å². The van der Waals surface area contributed by atoms with Crippen LogP contribution in [0.15, 0.2) is 40.8 Å². The number of rotatable bonds is 9. The molecule has 0 radical (unpaired) electrons. The number of aryl methyl sites for hydroxylation is 1. The molecule has 36 heavy (non-hydrogen) atoms. The van der Waals surface area contributed by atoms with E-state index in [0.717, 1.165) is 45.2 Å². The van der Waals surface area contributed by atoms with E-state index in [1.807, 2.05) is 24.3 Å². The van der Waals surface area contributed by atoms with Gasteiger partial charge in [0, 0.05) is 18.8 Å². The van der Waals surface area contributed by atoms with Crippen molar-refractivity contribution in [2.75, 3.05) is 23.7 Å². The number of likely N-dealkylation sites (tertiary alicyclic amines) is 1. The van der Waals surface area contributed by atoms with Crippen LogP contribution in [0.5, 0.6) is 5.88 Å². The van der Waals surface area contributed by atoms with Crippen LogP contribution < -0.4 is 21.1 Å². The number of nitrogens with two attached hydrogens (primary N) is 1. The zero-order valence-electron chi connectivity index (χ0n) is 20.1. The van der Waals surface area contributed by atoms with Crippen LogP contribution in [0.3, 0.4) is 0 Å². The summed E-state index contributed by atoms with van der Waals surface area (Å²) in [6, 6.07) is 10.3. The minimum Gasteiger partial charge on any atom is -0.455 e. The number of furan rings is 1. The molecule has 4 amide bonds. The summed E-state index contributed by atoms with van der Waals surface area (Å²) in [5.74, 6) is 0.814. The van der Waals surface area contributed by atoms with E-state index in [-0.39, 0.29) is 29.8 Å². The number of anilines is 2. The van der Waals surface area contributed by atoms with Crippen molar-refractivity contribution < 1.29 is 23.5 Å². The monoisotopic (exact) mass is 494 g/mol. The van der Waals surface area contributed by atoms with Crippen LogP contribution in [-0.4, -0.2) is 46.0 Å². The summed E-state index contributed by atoms with van der Waals surface area (Å²) in [7, 11) is 0. The lowest BCUT2D eigenvalue weighted by atomic mass is 10.1. The van der Waals surface area contributed by atoms with Crippen molar-refractivity contribution in [1.82, 2.24) is 14.9 Å². The second-order valence-corrected chi connectivity index (χ2v) is 8.61. The van der Waals surface area contributed by atoms with Gasteiger partial charge in [0.25, 0.3) is 11.8 Å². The van der Waals surface area contributed by atoms with Crippen LogP contribution >= 0.6 is 0 Å². The number of hydrogen-bond donors (Lipinski definition) is 4. The summed E-state index contributed by atoms with van der Waals surface area (Å²) in [6.45, 7) is 3.58. The SMILES string of the molecule is CCCCc1ccc(NC(=O)Nc2[nH]c(Cc3ccc(C(=O)N4CCCC4)o3)nc2OC(N)=O)cc1. The van der Waals surface area contributed by atoms with E-state index < -0.39 is 12.1 Å². The third-order valence-electron chi connectivity index (χ3n) is 5.79. The number of H-pyrrole nitrogens is 1. The van der Waals surface area contributed by atoms with E-state index in [4.69, 9.17) is 14.9 Å². The van der Waals surface area contributed by atoms with Gasteiger partial charge < -0.3 is 30.1 Å². The number of urea groups is 1. The largest absolute Gasteiger partial charge is 0.455 e. The molecule has 11 heteroatoms. The number of amides is 4. The predicted molar refractivity (Wildman–Crippen MR) is 133 cm³/mol. The fourth-order valence-electron chi connectivity index (χ4n) is 3.98. The van der Waals surface area contributed by atoms with Gasteiger partial charge in [0.05, 0.1) is 6.42 Å². The molecule has 1 aliphatic heterocycles. The van der Waals surface area contributed by atoms with Gasteiger partial charge in [-0.3, -0.25) is 10.1 Å². The lowest BCUT2D eigenvalue weighted by Gasteiger charge is -2.12. The quantitative estimate of drug-likeness (QED) is 0.348. The predicted octanol–water partition coefficient (Wildman–Crippen LogP) is 4.27. The maximum Gasteiger partial charge on any atom is 0.411 e. The molecule has 1 aromatic carbocycles. The number of nitrogens with zero attached hydrogens (tertiary/aromatic N) is 2. The highest BCUT2D eigenvalue weighted by atomic mass is 16.6. The maximum atomic E-state index is 12.5. The van der Waals surface area contributed by atoms with Crippen molar-refractivity contribution in [3.8, 4) is 5.88 Å². The van der Waals surface area contributed by atoms with Crippen molar-refractivity contribution in [1.29, 1.82) is 0 Å². The number of carbonyl (C=O) groups is 3. The highest BCUT2D eigenvalue weighted by molar-refractivity contribution is 6.00. The van der Waals surface area contributed by atoms with Gasteiger partial charge in [0.2, 0.25) is 0 Å². The number of primary amides is 1. The normalized spacial score (nSPS) is 13.0. The lowest BCUT2D eigenvalue weighted by Crippen LogP contribution is -2.27. The molecule has 0 unspecified atom stereocenters. The first-order valence-corrected chi connectivity index (χ1v) is 12.0. The van der Waals surface area contributed by atoms with E-state index >= 15 is 0 Å². The molecule has 5 N–H and O–H groups in total. The Hall–Kier alpha value is -4.28.